The molecule has 1 heterocycles. The third kappa shape index (κ3) is 4.55. The van der Waals surface area contributed by atoms with Gasteiger partial charge in [0.05, 0.1) is 16.3 Å². The van der Waals surface area contributed by atoms with Gasteiger partial charge in [0.25, 0.3) is 0 Å². The van der Waals surface area contributed by atoms with Gasteiger partial charge in [-0.25, -0.2) is 4.79 Å². The van der Waals surface area contributed by atoms with Crippen molar-refractivity contribution < 1.29 is 19.1 Å². The number of amides is 1. The molecule has 3 rings (SSSR count). The molecule has 6 nitrogen and oxygen atoms in total. The fourth-order valence-electron chi connectivity index (χ4n) is 2.43. The lowest BCUT2D eigenvalue weighted by molar-refractivity contribution is -0.153. The Balaban J connectivity index is 1.31. The summed E-state index contributed by atoms with van der Waals surface area (Å²) >= 11 is 1.45. The average Bonchev–Trinajstić information content (AvgIpc) is 3.08. The minimum absolute atomic E-state index is 0.0331. The van der Waals surface area contributed by atoms with Crippen LogP contribution in [0.2, 0.25) is 0 Å². The monoisotopic (exact) mass is 346 g/mol. The third-order valence-electron chi connectivity index (χ3n) is 3.85. The minimum Gasteiger partial charge on any atom is -0.460 e. The van der Waals surface area contributed by atoms with E-state index in [0.29, 0.717) is 12.8 Å². The molecule has 0 unspecified atom stereocenters. The van der Waals surface area contributed by atoms with E-state index in [1.807, 2.05) is 30.3 Å². The minimum atomic E-state index is -0.458. The molecule has 1 aliphatic rings. The van der Waals surface area contributed by atoms with Crippen LogP contribution in [0.25, 0.3) is 0 Å². The summed E-state index contributed by atoms with van der Waals surface area (Å²) < 4.78 is 10.4. The molecule has 0 aliphatic heterocycles. The number of carbonyl (C=O) groups excluding carboxylic acids is 2. The molecule has 0 atom stereocenters. The summed E-state index contributed by atoms with van der Waals surface area (Å²) in [5.74, 6) is -0.378. The summed E-state index contributed by atoms with van der Waals surface area (Å²) in [4.78, 5) is 28.5. The smallest absolute Gasteiger partial charge is 0.407 e. The van der Waals surface area contributed by atoms with Gasteiger partial charge in [0, 0.05) is 12.2 Å². The zero-order chi connectivity index (χ0) is 16.8. The van der Waals surface area contributed by atoms with Crippen molar-refractivity contribution >= 4 is 23.4 Å². The van der Waals surface area contributed by atoms with E-state index < -0.39 is 6.09 Å². The quantitative estimate of drug-likeness (QED) is 0.814. The third-order valence-corrected chi connectivity index (χ3v) is 4.60. The van der Waals surface area contributed by atoms with Crippen LogP contribution < -0.4 is 5.32 Å². The SMILES string of the molecule is O=C(NC1CC(C(=O)OCc2cncs2)C1)OCc1ccccc1. The molecule has 1 amide bonds. The fraction of sp³-hybridized carbons (Fsp3) is 0.353. The number of aromatic nitrogens is 1. The molecule has 1 N–H and O–H groups in total. The Morgan fingerprint density at radius 3 is 2.67 bits per heavy atom. The molecule has 126 valence electrons. The second-order valence-electron chi connectivity index (χ2n) is 5.65. The lowest BCUT2D eigenvalue weighted by Crippen LogP contribution is -2.47. The molecule has 0 radical (unpaired) electrons. The first-order valence-corrected chi connectivity index (χ1v) is 8.60. The summed E-state index contributed by atoms with van der Waals surface area (Å²) in [6.45, 7) is 0.497. The number of esters is 1. The number of nitrogens with zero attached hydrogens (tertiary/aromatic N) is 1. The molecule has 1 aromatic heterocycles. The molecule has 0 spiro atoms. The van der Waals surface area contributed by atoms with Crippen molar-refractivity contribution in [2.75, 3.05) is 0 Å². The number of alkyl carbamates (subject to hydrolysis) is 1. The summed E-state index contributed by atoms with van der Waals surface area (Å²) in [5.41, 5.74) is 2.64. The predicted molar refractivity (Wildman–Crippen MR) is 88.2 cm³/mol. The van der Waals surface area contributed by atoms with Crippen LogP contribution in [0.1, 0.15) is 23.3 Å². The Labute approximate surface area is 143 Å². The van der Waals surface area contributed by atoms with E-state index in [2.05, 4.69) is 10.3 Å². The van der Waals surface area contributed by atoms with Crippen molar-refractivity contribution in [3.05, 3.63) is 52.5 Å². The molecule has 0 saturated heterocycles. The number of ether oxygens (including phenoxy) is 2. The summed E-state index contributed by atoms with van der Waals surface area (Å²) in [6, 6.07) is 9.45. The maximum atomic E-state index is 11.9. The fourth-order valence-corrected chi connectivity index (χ4v) is 2.94. The first kappa shape index (κ1) is 16.4. The van der Waals surface area contributed by atoms with E-state index in [9.17, 15) is 9.59 Å². The zero-order valence-electron chi connectivity index (χ0n) is 13.0. The standard InChI is InChI=1S/C17H18N2O4S/c20-16(22-10-15-8-18-11-24-15)13-6-14(7-13)19-17(21)23-9-12-4-2-1-3-5-12/h1-5,8,11,13-14H,6-7,9-10H2,(H,19,21). The Kier molecular flexibility index (Phi) is 5.43. The van der Waals surface area contributed by atoms with Gasteiger partial charge in [0.15, 0.2) is 0 Å². The van der Waals surface area contributed by atoms with Crippen molar-refractivity contribution in [1.29, 1.82) is 0 Å². The molecule has 1 aliphatic carbocycles. The van der Waals surface area contributed by atoms with Gasteiger partial charge >= 0.3 is 12.1 Å². The summed E-state index contributed by atoms with van der Waals surface area (Å²) in [6.07, 6.45) is 2.40. The molecule has 24 heavy (non-hydrogen) atoms. The van der Waals surface area contributed by atoms with E-state index in [-0.39, 0.29) is 31.1 Å². The molecule has 1 saturated carbocycles. The predicted octanol–water partition coefficient (Wildman–Crippen LogP) is 2.89. The van der Waals surface area contributed by atoms with Gasteiger partial charge in [0.2, 0.25) is 0 Å². The molecular weight excluding hydrogens is 328 g/mol. The number of benzene rings is 1. The Morgan fingerprint density at radius 1 is 1.17 bits per heavy atom. The second-order valence-corrected chi connectivity index (χ2v) is 6.62. The Morgan fingerprint density at radius 2 is 1.96 bits per heavy atom. The molecule has 7 heteroatoms. The van der Waals surface area contributed by atoms with Crippen LogP contribution in [0.15, 0.2) is 42.0 Å². The van der Waals surface area contributed by atoms with Crippen LogP contribution >= 0.6 is 11.3 Å². The van der Waals surface area contributed by atoms with E-state index in [4.69, 9.17) is 9.47 Å². The highest BCUT2D eigenvalue weighted by Crippen LogP contribution is 2.29. The van der Waals surface area contributed by atoms with Gasteiger partial charge in [-0.1, -0.05) is 30.3 Å². The normalized spacial score (nSPS) is 19.2. The van der Waals surface area contributed by atoms with Gasteiger partial charge < -0.3 is 14.8 Å². The number of thiazole rings is 1. The molecular formula is C17H18N2O4S. The average molecular weight is 346 g/mol. The highest BCUT2D eigenvalue weighted by atomic mass is 32.1. The van der Waals surface area contributed by atoms with Crippen molar-refractivity contribution in [1.82, 2.24) is 10.3 Å². The van der Waals surface area contributed by atoms with Crippen LogP contribution in [0.4, 0.5) is 4.79 Å². The van der Waals surface area contributed by atoms with Crippen LogP contribution in [-0.2, 0) is 27.5 Å². The van der Waals surface area contributed by atoms with Gasteiger partial charge in [0.1, 0.15) is 13.2 Å². The summed E-state index contributed by atoms with van der Waals surface area (Å²) in [7, 11) is 0. The van der Waals surface area contributed by atoms with Crippen LogP contribution in [-0.4, -0.2) is 23.1 Å². The Bertz CT molecular complexity index is 669. The first-order chi connectivity index (χ1) is 11.7. The van der Waals surface area contributed by atoms with Crippen LogP contribution in [0.3, 0.4) is 0 Å². The highest BCUT2D eigenvalue weighted by Gasteiger charge is 2.36. The van der Waals surface area contributed by atoms with Gasteiger partial charge in [-0.05, 0) is 18.4 Å². The zero-order valence-corrected chi connectivity index (χ0v) is 13.8. The second kappa shape index (κ2) is 7.92. The lowest BCUT2D eigenvalue weighted by Gasteiger charge is -2.33. The number of hydrogen-bond acceptors (Lipinski definition) is 6. The van der Waals surface area contributed by atoms with E-state index in [1.54, 1.807) is 11.7 Å². The van der Waals surface area contributed by atoms with Crippen molar-refractivity contribution in [2.45, 2.75) is 32.1 Å². The number of hydrogen-bond donors (Lipinski definition) is 1. The van der Waals surface area contributed by atoms with E-state index in [1.165, 1.54) is 11.3 Å². The Hall–Kier alpha value is -2.41. The largest absolute Gasteiger partial charge is 0.460 e. The maximum Gasteiger partial charge on any atom is 0.407 e. The van der Waals surface area contributed by atoms with E-state index >= 15 is 0 Å². The lowest BCUT2D eigenvalue weighted by atomic mass is 9.80. The van der Waals surface area contributed by atoms with Gasteiger partial charge in [-0.15, -0.1) is 11.3 Å². The highest BCUT2D eigenvalue weighted by molar-refractivity contribution is 7.09. The topological polar surface area (TPSA) is 77.5 Å². The number of carbonyl (C=O) groups is 2. The van der Waals surface area contributed by atoms with Crippen LogP contribution in [0, 0.1) is 5.92 Å². The molecule has 0 bridgehead atoms. The molecule has 1 aromatic carbocycles. The first-order valence-electron chi connectivity index (χ1n) is 7.72. The molecule has 1 fully saturated rings. The van der Waals surface area contributed by atoms with Gasteiger partial charge in [-0.3, -0.25) is 9.78 Å². The van der Waals surface area contributed by atoms with Gasteiger partial charge in [-0.2, -0.15) is 0 Å². The van der Waals surface area contributed by atoms with Crippen molar-refractivity contribution in [3.63, 3.8) is 0 Å². The maximum absolute atomic E-state index is 11.9. The number of rotatable bonds is 6. The van der Waals surface area contributed by atoms with E-state index in [0.717, 1.165) is 10.4 Å². The van der Waals surface area contributed by atoms with Crippen molar-refractivity contribution in [3.8, 4) is 0 Å². The van der Waals surface area contributed by atoms with Crippen LogP contribution in [0.5, 0.6) is 0 Å². The number of nitrogens with one attached hydrogen (secondary N) is 1. The molecule has 2 aromatic rings. The van der Waals surface area contributed by atoms with Crippen molar-refractivity contribution in [2.24, 2.45) is 5.92 Å². The summed E-state index contributed by atoms with van der Waals surface area (Å²) in [5, 5.41) is 2.76.